The molecule has 0 amide bonds. The summed E-state index contributed by atoms with van der Waals surface area (Å²) in [6.45, 7) is 1.18. The van der Waals surface area contributed by atoms with Gasteiger partial charge in [-0.2, -0.15) is 0 Å². The lowest BCUT2D eigenvalue weighted by molar-refractivity contribution is -0.0740. The largest absolute Gasteiger partial charge is 0.466 e. The van der Waals surface area contributed by atoms with E-state index < -0.39 is 11.5 Å². The van der Waals surface area contributed by atoms with E-state index in [0.717, 1.165) is 0 Å². The van der Waals surface area contributed by atoms with Gasteiger partial charge in [-0.25, -0.2) is 0 Å². The van der Waals surface area contributed by atoms with Crippen LogP contribution in [0.2, 0.25) is 0 Å². The average Bonchev–Trinajstić information content (AvgIpc) is 3.13. The van der Waals surface area contributed by atoms with Gasteiger partial charge < -0.3 is 18.8 Å². The second-order valence-electron chi connectivity index (χ2n) is 5.31. The number of nitrogens with zero attached hydrogens (tertiary/aromatic N) is 1. The lowest BCUT2D eigenvalue weighted by Crippen LogP contribution is -2.51. The molecule has 2 aromatic rings. The lowest BCUT2D eigenvalue weighted by atomic mass is 9.76. The first-order valence-electron chi connectivity index (χ1n) is 6.64. The third-order valence-electron chi connectivity index (χ3n) is 3.97. The molecular formula is C15H17NO4. The molecule has 1 fully saturated rings. The van der Waals surface area contributed by atoms with Crippen LogP contribution in [0.3, 0.4) is 0 Å². The van der Waals surface area contributed by atoms with Crippen LogP contribution in [0.1, 0.15) is 22.7 Å². The Morgan fingerprint density at radius 1 is 1.35 bits per heavy atom. The number of ketones is 1. The standard InChI is InChI=1S/C15H17NO4/c1-16-7-6-15(18,13-5-3-9-20-13)11(10-16)14(17)12-4-2-8-19-12/h2-5,8-9,11,18H,6-7,10H2,1H3. The summed E-state index contributed by atoms with van der Waals surface area (Å²) in [5.74, 6) is -0.0789. The molecule has 2 aromatic heterocycles. The zero-order chi connectivity index (χ0) is 14.2. The first-order chi connectivity index (χ1) is 9.61. The van der Waals surface area contributed by atoms with Crippen LogP contribution < -0.4 is 0 Å². The van der Waals surface area contributed by atoms with Crippen molar-refractivity contribution in [1.82, 2.24) is 4.90 Å². The van der Waals surface area contributed by atoms with Crippen molar-refractivity contribution in [3.05, 3.63) is 48.3 Å². The highest BCUT2D eigenvalue weighted by Crippen LogP contribution is 2.39. The van der Waals surface area contributed by atoms with Gasteiger partial charge in [0.1, 0.15) is 11.4 Å². The number of hydrogen-bond donors (Lipinski definition) is 1. The van der Waals surface area contributed by atoms with E-state index in [1.54, 1.807) is 24.3 Å². The monoisotopic (exact) mass is 275 g/mol. The van der Waals surface area contributed by atoms with Gasteiger partial charge in [0, 0.05) is 13.1 Å². The lowest BCUT2D eigenvalue weighted by Gasteiger charge is -2.41. The van der Waals surface area contributed by atoms with E-state index in [-0.39, 0.29) is 11.5 Å². The van der Waals surface area contributed by atoms with Crippen LogP contribution in [-0.2, 0) is 5.60 Å². The van der Waals surface area contributed by atoms with Crippen LogP contribution in [0.25, 0.3) is 0 Å². The van der Waals surface area contributed by atoms with Gasteiger partial charge >= 0.3 is 0 Å². The topological polar surface area (TPSA) is 66.8 Å². The fourth-order valence-corrected chi connectivity index (χ4v) is 2.80. The molecule has 106 valence electrons. The third kappa shape index (κ3) is 2.09. The molecule has 0 aromatic carbocycles. The summed E-state index contributed by atoms with van der Waals surface area (Å²) >= 11 is 0. The van der Waals surface area contributed by atoms with Crippen molar-refractivity contribution in [2.24, 2.45) is 5.92 Å². The molecule has 1 saturated heterocycles. The van der Waals surface area contributed by atoms with Crippen LogP contribution in [-0.4, -0.2) is 35.9 Å². The molecule has 0 saturated carbocycles. The molecule has 0 radical (unpaired) electrons. The molecule has 3 heterocycles. The predicted molar refractivity (Wildman–Crippen MR) is 71.2 cm³/mol. The summed E-state index contributed by atoms with van der Waals surface area (Å²) in [7, 11) is 1.93. The van der Waals surface area contributed by atoms with Crippen LogP contribution >= 0.6 is 0 Å². The number of furan rings is 2. The van der Waals surface area contributed by atoms with E-state index in [1.165, 1.54) is 12.5 Å². The van der Waals surface area contributed by atoms with Crippen LogP contribution in [0.4, 0.5) is 0 Å². The minimum atomic E-state index is -1.28. The molecular weight excluding hydrogens is 258 g/mol. The summed E-state index contributed by atoms with van der Waals surface area (Å²) in [5, 5.41) is 11.0. The first kappa shape index (κ1) is 13.1. The van der Waals surface area contributed by atoms with Gasteiger partial charge in [0.15, 0.2) is 5.76 Å². The maximum atomic E-state index is 12.6. The molecule has 2 unspecified atom stereocenters. The number of aliphatic hydroxyl groups is 1. The Hall–Kier alpha value is -1.85. The van der Waals surface area contributed by atoms with Crippen molar-refractivity contribution >= 4 is 5.78 Å². The second kappa shape index (κ2) is 4.92. The van der Waals surface area contributed by atoms with Crippen LogP contribution in [0.15, 0.2) is 45.6 Å². The van der Waals surface area contributed by atoms with Gasteiger partial charge in [0.05, 0.1) is 18.4 Å². The fraction of sp³-hybridized carbons (Fsp3) is 0.400. The molecule has 0 spiro atoms. The Morgan fingerprint density at radius 2 is 2.10 bits per heavy atom. The predicted octanol–water partition coefficient (Wildman–Crippen LogP) is 1.89. The van der Waals surface area contributed by atoms with Gasteiger partial charge in [-0.3, -0.25) is 4.79 Å². The number of Topliss-reactive ketones (excluding diaryl/α,β-unsaturated/α-hetero) is 1. The summed E-state index contributed by atoms with van der Waals surface area (Å²) in [5.41, 5.74) is -1.28. The third-order valence-corrected chi connectivity index (χ3v) is 3.97. The maximum Gasteiger partial charge on any atom is 0.205 e. The van der Waals surface area contributed by atoms with Crippen molar-refractivity contribution in [3.8, 4) is 0 Å². The number of carbonyl (C=O) groups excluding carboxylic acids is 1. The van der Waals surface area contributed by atoms with Crippen molar-refractivity contribution in [3.63, 3.8) is 0 Å². The summed E-state index contributed by atoms with van der Waals surface area (Å²) in [6, 6.07) is 6.74. The number of piperidine rings is 1. The van der Waals surface area contributed by atoms with E-state index in [0.29, 0.717) is 25.3 Å². The van der Waals surface area contributed by atoms with E-state index >= 15 is 0 Å². The molecule has 2 atom stereocenters. The molecule has 1 aliphatic heterocycles. The normalized spacial score (nSPS) is 27.6. The zero-order valence-corrected chi connectivity index (χ0v) is 11.3. The molecule has 0 bridgehead atoms. The molecule has 0 aliphatic carbocycles. The van der Waals surface area contributed by atoms with E-state index in [9.17, 15) is 9.90 Å². The van der Waals surface area contributed by atoms with E-state index in [2.05, 4.69) is 0 Å². The minimum absolute atomic E-state index is 0.194. The molecule has 20 heavy (non-hydrogen) atoms. The molecule has 1 N–H and O–H groups in total. The van der Waals surface area contributed by atoms with E-state index in [4.69, 9.17) is 8.83 Å². The number of rotatable bonds is 3. The smallest absolute Gasteiger partial charge is 0.205 e. The Bertz CT molecular complexity index is 575. The van der Waals surface area contributed by atoms with Gasteiger partial charge in [0.2, 0.25) is 5.78 Å². The highest BCUT2D eigenvalue weighted by atomic mass is 16.4. The SMILES string of the molecule is CN1CCC(O)(c2ccco2)C(C(=O)c2ccco2)C1. The van der Waals surface area contributed by atoms with Crippen LogP contribution in [0.5, 0.6) is 0 Å². The number of carbonyl (C=O) groups is 1. The minimum Gasteiger partial charge on any atom is -0.466 e. The zero-order valence-electron chi connectivity index (χ0n) is 11.3. The first-order valence-corrected chi connectivity index (χ1v) is 6.64. The maximum absolute atomic E-state index is 12.6. The summed E-state index contributed by atoms with van der Waals surface area (Å²) in [4.78, 5) is 14.6. The molecule has 3 rings (SSSR count). The van der Waals surface area contributed by atoms with Crippen molar-refractivity contribution < 1.29 is 18.7 Å². The second-order valence-corrected chi connectivity index (χ2v) is 5.31. The van der Waals surface area contributed by atoms with E-state index in [1.807, 2.05) is 11.9 Å². The van der Waals surface area contributed by atoms with Crippen molar-refractivity contribution in [2.75, 3.05) is 20.1 Å². The Labute approximate surface area is 116 Å². The number of hydrogen-bond acceptors (Lipinski definition) is 5. The molecule has 5 nitrogen and oxygen atoms in total. The van der Waals surface area contributed by atoms with Gasteiger partial charge in [0.25, 0.3) is 0 Å². The highest BCUT2D eigenvalue weighted by molar-refractivity contribution is 5.96. The number of likely N-dealkylation sites (tertiary alicyclic amines) is 1. The molecule has 5 heteroatoms. The van der Waals surface area contributed by atoms with Crippen molar-refractivity contribution in [2.45, 2.75) is 12.0 Å². The highest BCUT2D eigenvalue weighted by Gasteiger charge is 2.48. The Morgan fingerprint density at radius 3 is 2.75 bits per heavy atom. The average molecular weight is 275 g/mol. The molecule has 1 aliphatic rings. The summed E-state index contributed by atoms with van der Waals surface area (Å²) < 4.78 is 10.5. The summed E-state index contributed by atoms with van der Waals surface area (Å²) in [6.07, 6.45) is 3.43. The van der Waals surface area contributed by atoms with Crippen LogP contribution in [0, 0.1) is 5.92 Å². The van der Waals surface area contributed by atoms with Gasteiger partial charge in [-0.15, -0.1) is 0 Å². The van der Waals surface area contributed by atoms with Gasteiger partial charge in [-0.1, -0.05) is 0 Å². The fourth-order valence-electron chi connectivity index (χ4n) is 2.80. The van der Waals surface area contributed by atoms with Crippen molar-refractivity contribution in [1.29, 1.82) is 0 Å². The van der Waals surface area contributed by atoms with Gasteiger partial charge in [-0.05, 0) is 37.7 Å². The Kier molecular flexibility index (Phi) is 3.23. The quantitative estimate of drug-likeness (QED) is 0.866. The Balaban J connectivity index is 1.97.